The molecule has 0 radical (unpaired) electrons. The van der Waals surface area contributed by atoms with Crippen LogP contribution in [-0.2, 0) is 6.54 Å². The smallest absolute Gasteiger partial charge is 0.213 e. The Balaban J connectivity index is 1.66. The van der Waals surface area contributed by atoms with Gasteiger partial charge in [-0.15, -0.1) is 0 Å². The van der Waals surface area contributed by atoms with Crippen LogP contribution in [0.5, 0.6) is 5.75 Å². The fourth-order valence-electron chi connectivity index (χ4n) is 3.39. The number of fused-ring (bicyclic) bond motifs is 1. The van der Waals surface area contributed by atoms with Crippen LogP contribution >= 0.6 is 0 Å². The zero-order valence-electron chi connectivity index (χ0n) is 16.1. The minimum Gasteiger partial charge on any atom is -0.493 e. The number of carbonyl (C=O) groups excluding carboxylic acids is 1. The van der Waals surface area contributed by atoms with Crippen molar-refractivity contribution in [3.63, 3.8) is 0 Å². The normalized spacial score (nSPS) is 10.9. The summed E-state index contributed by atoms with van der Waals surface area (Å²) in [6, 6.07) is 19.6. The van der Waals surface area contributed by atoms with E-state index in [-0.39, 0.29) is 5.78 Å². The van der Waals surface area contributed by atoms with Gasteiger partial charge in [-0.1, -0.05) is 24.3 Å². The summed E-state index contributed by atoms with van der Waals surface area (Å²) in [4.78, 5) is 17.7. The molecule has 0 aliphatic rings. The summed E-state index contributed by atoms with van der Waals surface area (Å²) in [6.07, 6.45) is 3.80. The van der Waals surface area contributed by atoms with E-state index < -0.39 is 0 Å². The molecule has 0 amide bonds. The summed E-state index contributed by atoms with van der Waals surface area (Å²) < 4.78 is 7.67. The van der Waals surface area contributed by atoms with Gasteiger partial charge in [0.15, 0.2) is 0 Å². The first-order chi connectivity index (χ1) is 13.7. The Hall–Kier alpha value is -3.40. The van der Waals surface area contributed by atoms with Crippen molar-refractivity contribution in [2.75, 3.05) is 6.61 Å². The van der Waals surface area contributed by atoms with Gasteiger partial charge in [0, 0.05) is 24.3 Å². The van der Waals surface area contributed by atoms with Crippen LogP contribution in [0.2, 0.25) is 0 Å². The summed E-state index contributed by atoms with van der Waals surface area (Å²) in [5.41, 5.74) is 4.31. The highest BCUT2D eigenvalue weighted by atomic mass is 16.5. The molecule has 0 saturated heterocycles. The van der Waals surface area contributed by atoms with Gasteiger partial charge >= 0.3 is 0 Å². The average molecular weight is 370 g/mol. The van der Waals surface area contributed by atoms with Gasteiger partial charge in [-0.05, 0) is 61.4 Å². The number of aromatic nitrogens is 2. The Morgan fingerprint density at radius 2 is 1.93 bits per heavy atom. The van der Waals surface area contributed by atoms with Crippen molar-refractivity contribution >= 4 is 16.7 Å². The number of pyridine rings is 1. The number of aryl methyl sites for hydroxylation is 1. The Kier molecular flexibility index (Phi) is 4.94. The zero-order chi connectivity index (χ0) is 19.5. The molecule has 2 heterocycles. The number of nitrogens with zero attached hydrogens (tertiary/aromatic N) is 2. The maximum absolute atomic E-state index is 13.2. The van der Waals surface area contributed by atoms with Gasteiger partial charge in [0.2, 0.25) is 5.78 Å². The van der Waals surface area contributed by atoms with Gasteiger partial charge in [0.05, 0.1) is 23.4 Å². The summed E-state index contributed by atoms with van der Waals surface area (Å²) >= 11 is 0. The standard InChI is InChI=1S/C24H22N2O2/c1-3-28-23-13-17(2)10-11-20(23)24(27)22-9-6-12-26(22)16-18-14-19-7-4-5-8-21(19)25-15-18/h4-15H,3,16H2,1-2H3. The van der Waals surface area contributed by atoms with Crippen LogP contribution in [-0.4, -0.2) is 21.9 Å². The van der Waals surface area contributed by atoms with Gasteiger partial charge in [0.1, 0.15) is 5.75 Å². The molecular formula is C24H22N2O2. The van der Waals surface area contributed by atoms with E-state index in [0.717, 1.165) is 22.0 Å². The lowest BCUT2D eigenvalue weighted by Gasteiger charge is -2.13. The van der Waals surface area contributed by atoms with E-state index in [2.05, 4.69) is 11.1 Å². The number of hydrogen-bond donors (Lipinski definition) is 0. The molecule has 4 rings (SSSR count). The van der Waals surface area contributed by atoms with E-state index in [4.69, 9.17) is 4.74 Å². The average Bonchev–Trinajstić information content (AvgIpc) is 3.16. The third-order valence-corrected chi connectivity index (χ3v) is 4.74. The van der Waals surface area contributed by atoms with Gasteiger partial charge in [-0.3, -0.25) is 9.78 Å². The van der Waals surface area contributed by atoms with Gasteiger partial charge in [-0.25, -0.2) is 0 Å². The van der Waals surface area contributed by atoms with Crippen molar-refractivity contribution in [2.45, 2.75) is 20.4 Å². The Labute approximate surface area is 164 Å². The molecule has 0 atom stereocenters. The van der Waals surface area contributed by atoms with Crippen LogP contribution < -0.4 is 4.74 Å². The van der Waals surface area contributed by atoms with Crippen LogP contribution in [0.25, 0.3) is 10.9 Å². The molecule has 0 bridgehead atoms. The molecule has 140 valence electrons. The molecule has 2 aromatic heterocycles. The Morgan fingerprint density at radius 1 is 1.07 bits per heavy atom. The summed E-state index contributed by atoms with van der Waals surface area (Å²) in [5.74, 6) is 0.592. The van der Waals surface area contributed by atoms with Gasteiger partial charge in [0.25, 0.3) is 0 Å². The minimum absolute atomic E-state index is 0.0396. The second-order valence-corrected chi connectivity index (χ2v) is 6.82. The molecule has 0 fully saturated rings. The second kappa shape index (κ2) is 7.69. The van der Waals surface area contributed by atoms with Gasteiger partial charge in [-0.2, -0.15) is 0 Å². The topological polar surface area (TPSA) is 44.1 Å². The van der Waals surface area contributed by atoms with Crippen LogP contribution in [0.1, 0.15) is 34.1 Å². The largest absolute Gasteiger partial charge is 0.493 e. The minimum atomic E-state index is -0.0396. The monoisotopic (exact) mass is 370 g/mol. The molecular weight excluding hydrogens is 348 g/mol. The van der Waals surface area contributed by atoms with Gasteiger partial charge < -0.3 is 9.30 Å². The molecule has 4 aromatic rings. The molecule has 0 unspecified atom stereocenters. The maximum Gasteiger partial charge on any atom is 0.213 e. The van der Waals surface area contributed by atoms with Crippen molar-refractivity contribution in [1.29, 1.82) is 0 Å². The predicted molar refractivity (Wildman–Crippen MR) is 111 cm³/mol. The fraction of sp³-hybridized carbons (Fsp3) is 0.167. The molecule has 0 aliphatic heterocycles. The first-order valence-electron chi connectivity index (χ1n) is 9.42. The lowest BCUT2D eigenvalue weighted by Crippen LogP contribution is -2.12. The molecule has 4 heteroatoms. The second-order valence-electron chi connectivity index (χ2n) is 6.82. The number of para-hydroxylation sites is 1. The van der Waals surface area contributed by atoms with E-state index >= 15 is 0 Å². The van der Waals surface area contributed by atoms with E-state index in [1.807, 2.05) is 85.4 Å². The fourth-order valence-corrected chi connectivity index (χ4v) is 3.39. The summed E-state index contributed by atoms with van der Waals surface area (Å²) in [6.45, 7) is 5.02. The van der Waals surface area contributed by atoms with Crippen molar-refractivity contribution in [3.8, 4) is 5.75 Å². The molecule has 0 N–H and O–H groups in total. The SMILES string of the molecule is CCOc1cc(C)ccc1C(=O)c1cccn1Cc1cnc2ccccc2c1. The number of ketones is 1. The van der Waals surface area contributed by atoms with E-state index in [1.165, 1.54) is 0 Å². The molecule has 0 spiro atoms. The number of benzene rings is 2. The van der Waals surface area contributed by atoms with E-state index in [1.54, 1.807) is 0 Å². The highest BCUT2D eigenvalue weighted by Crippen LogP contribution is 2.24. The number of hydrogen-bond acceptors (Lipinski definition) is 3. The lowest BCUT2D eigenvalue weighted by molar-refractivity contribution is 0.102. The number of rotatable bonds is 6. The molecule has 0 saturated carbocycles. The molecule has 2 aromatic carbocycles. The number of carbonyl (C=O) groups is 1. The summed E-state index contributed by atoms with van der Waals surface area (Å²) in [7, 11) is 0. The highest BCUT2D eigenvalue weighted by Gasteiger charge is 2.18. The van der Waals surface area contributed by atoms with Crippen molar-refractivity contribution < 1.29 is 9.53 Å². The third-order valence-electron chi connectivity index (χ3n) is 4.74. The van der Waals surface area contributed by atoms with E-state index in [0.29, 0.717) is 30.2 Å². The molecule has 4 nitrogen and oxygen atoms in total. The Morgan fingerprint density at radius 3 is 2.79 bits per heavy atom. The van der Waals surface area contributed by atoms with Crippen molar-refractivity contribution in [1.82, 2.24) is 9.55 Å². The number of ether oxygens (including phenoxy) is 1. The Bertz CT molecular complexity index is 1140. The lowest BCUT2D eigenvalue weighted by atomic mass is 10.0. The predicted octanol–water partition coefficient (Wildman–Crippen LogP) is 5.02. The molecule has 28 heavy (non-hydrogen) atoms. The first kappa shape index (κ1) is 18.0. The summed E-state index contributed by atoms with van der Waals surface area (Å²) in [5, 5.41) is 1.09. The molecule has 0 aliphatic carbocycles. The van der Waals surface area contributed by atoms with E-state index in [9.17, 15) is 4.79 Å². The van der Waals surface area contributed by atoms with Crippen molar-refractivity contribution in [2.24, 2.45) is 0 Å². The first-order valence-corrected chi connectivity index (χ1v) is 9.42. The maximum atomic E-state index is 13.2. The highest BCUT2D eigenvalue weighted by molar-refractivity contribution is 6.09. The zero-order valence-corrected chi connectivity index (χ0v) is 16.1. The van der Waals surface area contributed by atoms with Crippen LogP contribution in [0.3, 0.4) is 0 Å². The van der Waals surface area contributed by atoms with Crippen LogP contribution in [0, 0.1) is 6.92 Å². The van der Waals surface area contributed by atoms with Crippen LogP contribution in [0.15, 0.2) is 73.1 Å². The quantitative estimate of drug-likeness (QED) is 0.448. The van der Waals surface area contributed by atoms with Crippen LogP contribution in [0.4, 0.5) is 0 Å². The van der Waals surface area contributed by atoms with Crippen molar-refractivity contribution in [3.05, 3.63) is 95.4 Å². The third kappa shape index (κ3) is 3.54.